The van der Waals surface area contributed by atoms with Crippen molar-refractivity contribution in [3.05, 3.63) is 59.8 Å². The second-order valence-electron chi connectivity index (χ2n) is 10.1. The summed E-state index contributed by atoms with van der Waals surface area (Å²) in [7, 11) is 0. The van der Waals surface area contributed by atoms with Gasteiger partial charge in [0.25, 0.3) is 0 Å². The largest absolute Gasteiger partial charge is 0.444 e. The third kappa shape index (κ3) is 4.32. The molecule has 2 saturated heterocycles. The molecule has 0 saturated carbocycles. The predicted molar refractivity (Wildman–Crippen MR) is 138 cm³/mol. The van der Waals surface area contributed by atoms with Crippen LogP contribution in [-0.2, 0) is 16.1 Å². The van der Waals surface area contributed by atoms with Gasteiger partial charge in [-0.05, 0) is 37.5 Å². The van der Waals surface area contributed by atoms with Gasteiger partial charge in [0.2, 0.25) is 11.9 Å². The Morgan fingerprint density at radius 1 is 1.19 bits per heavy atom. The Morgan fingerprint density at radius 3 is 2.53 bits per heavy atom. The molecule has 2 aromatic rings. The molecule has 0 aliphatic carbocycles. The molecule has 0 radical (unpaired) electrons. The summed E-state index contributed by atoms with van der Waals surface area (Å²) in [5.74, 6) is 1.13. The Balaban J connectivity index is 1.21. The number of likely N-dealkylation sites (tertiary alicyclic amines) is 2. The molecular weight excluding hydrogens is 456 g/mol. The third-order valence-corrected chi connectivity index (χ3v) is 7.60. The number of benzene rings is 1. The number of ether oxygens (including phenoxy) is 1. The minimum atomic E-state index is -0.378. The van der Waals surface area contributed by atoms with Crippen LogP contribution in [0.25, 0.3) is 0 Å². The molecule has 36 heavy (non-hydrogen) atoms. The number of aromatic nitrogens is 2. The first-order valence-corrected chi connectivity index (χ1v) is 12.7. The normalized spacial score (nSPS) is 20.0. The van der Waals surface area contributed by atoms with Crippen LogP contribution >= 0.6 is 0 Å². The molecule has 2 fully saturated rings. The Morgan fingerprint density at radius 2 is 1.89 bits per heavy atom. The van der Waals surface area contributed by atoms with Gasteiger partial charge in [0.1, 0.15) is 12.4 Å². The molecule has 9 nitrogen and oxygen atoms in total. The van der Waals surface area contributed by atoms with E-state index in [9.17, 15) is 9.59 Å². The summed E-state index contributed by atoms with van der Waals surface area (Å²) < 4.78 is 5.17. The minimum absolute atomic E-state index is 0.00145. The second kappa shape index (κ2) is 9.54. The number of fused-ring (bicyclic) bond motifs is 1. The molecule has 3 aliphatic rings. The second-order valence-corrected chi connectivity index (χ2v) is 10.1. The van der Waals surface area contributed by atoms with Crippen LogP contribution in [0.1, 0.15) is 56.0 Å². The van der Waals surface area contributed by atoms with Crippen molar-refractivity contribution in [3.63, 3.8) is 0 Å². The lowest BCUT2D eigenvalue weighted by atomic mass is 9.71. The summed E-state index contributed by atoms with van der Waals surface area (Å²) in [4.78, 5) is 38.8. The molecule has 1 N–H and O–H groups in total. The van der Waals surface area contributed by atoms with Crippen molar-refractivity contribution in [2.45, 2.75) is 45.9 Å². The number of hydrogen-bond acceptors (Lipinski definition) is 7. The topological polar surface area (TPSA) is 90.9 Å². The van der Waals surface area contributed by atoms with Crippen LogP contribution in [0.5, 0.6) is 0 Å². The Bertz CT molecular complexity index is 1150. The van der Waals surface area contributed by atoms with Crippen LogP contribution in [0.2, 0.25) is 0 Å². The molecule has 0 unspecified atom stereocenters. The molecule has 9 heteroatoms. The lowest BCUT2D eigenvalue weighted by Crippen LogP contribution is -2.72. The minimum Gasteiger partial charge on any atom is -0.444 e. The van der Waals surface area contributed by atoms with Gasteiger partial charge in [-0.1, -0.05) is 37.8 Å². The van der Waals surface area contributed by atoms with E-state index in [0.717, 1.165) is 43.7 Å². The van der Waals surface area contributed by atoms with Gasteiger partial charge >= 0.3 is 6.09 Å². The van der Waals surface area contributed by atoms with Gasteiger partial charge in [-0.15, -0.1) is 0 Å². The van der Waals surface area contributed by atoms with Crippen molar-refractivity contribution in [1.29, 1.82) is 0 Å². The first kappa shape index (κ1) is 24.2. The van der Waals surface area contributed by atoms with Gasteiger partial charge in [0, 0.05) is 50.4 Å². The van der Waals surface area contributed by atoms with E-state index in [4.69, 9.17) is 4.74 Å². The number of nitrogens with zero attached hydrogens (tertiary/aromatic N) is 5. The number of cyclic esters (lactones) is 1. The number of amides is 2. The quantitative estimate of drug-likeness (QED) is 0.561. The smallest absolute Gasteiger partial charge is 0.415 e. The van der Waals surface area contributed by atoms with Gasteiger partial charge in [-0.25, -0.2) is 9.78 Å². The molecule has 5 rings (SSSR count). The zero-order valence-electron chi connectivity index (χ0n) is 21.2. The summed E-state index contributed by atoms with van der Waals surface area (Å²) in [6.07, 6.45) is 3.79. The lowest BCUT2D eigenvalue weighted by molar-refractivity contribution is -0.159. The van der Waals surface area contributed by atoms with Gasteiger partial charge in [-0.3, -0.25) is 14.6 Å². The highest BCUT2D eigenvalue weighted by Gasteiger charge is 2.53. The van der Waals surface area contributed by atoms with Crippen molar-refractivity contribution in [1.82, 2.24) is 19.8 Å². The monoisotopic (exact) mass is 490 g/mol. The van der Waals surface area contributed by atoms with Crippen LogP contribution < -0.4 is 10.2 Å². The summed E-state index contributed by atoms with van der Waals surface area (Å²) in [6, 6.07) is 9.12. The van der Waals surface area contributed by atoms with Crippen LogP contribution in [0.15, 0.2) is 43.1 Å². The zero-order chi connectivity index (χ0) is 25.4. The van der Waals surface area contributed by atoms with Crippen molar-refractivity contribution in [2.75, 3.05) is 42.9 Å². The van der Waals surface area contributed by atoms with Crippen LogP contribution in [0.3, 0.4) is 0 Å². The lowest BCUT2D eigenvalue weighted by Gasteiger charge is -2.61. The number of carbonyl (C=O) groups is 2. The summed E-state index contributed by atoms with van der Waals surface area (Å²) in [6.45, 7) is 14.2. The number of rotatable bonds is 8. The molecule has 0 bridgehead atoms. The van der Waals surface area contributed by atoms with E-state index in [1.165, 1.54) is 16.5 Å². The van der Waals surface area contributed by atoms with Gasteiger partial charge in [0.05, 0.1) is 11.6 Å². The molecule has 4 heterocycles. The summed E-state index contributed by atoms with van der Waals surface area (Å²) >= 11 is 0. The first-order chi connectivity index (χ1) is 17.4. The van der Waals surface area contributed by atoms with E-state index in [2.05, 4.69) is 64.9 Å². The van der Waals surface area contributed by atoms with E-state index in [1.54, 1.807) is 6.20 Å². The van der Waals surface area contributed by atoms with E-state index in [-0.39, 0.29) is 30.1 Å². The highest BCUT2D eigenvalue weighted by molar-refractivity contribution is 5.89. The molecule has 1 aromatic heterocycles. The standard InChI is InChI=1S/C27H34N6O3/c1-5-22(31-14-27(15-31)16-32(17-27)23(34)6-2)20-10-8-19(9-11-20)18(4)29-25-28-12-21-13-36-26(35)33(7-3)24(21)30-25/h6,8-12,18,22H,2,5,7,13-17H2,1,3-4H3,(H,28,29,30)/t18-,22-/m0/s1. The van der Waals surface area contributed by atoms with Gasteiger partial charge < -0.3 is 15.0 Å². The Hall–Kier alpha value is -3.46. The average Bonchev–Trinajstić information content (AvgIpc) is 2.84. The fourth-order valence-corrected chi connectivity index (χ4v) is 5.66. The molecule has 3 aliphatic heterocycles. The van der Waals surface area contributed by atoms with Crippen molar-refractivity contribution in [3.8, 4) is 0 Å². The van der Waals surface area contributed by atoms with Crippen LogP contribution in [-0.4, -0.2) is 64.5 Å². The number of carbonyl (C=O) groups excluding carboxylic acids is 2. The molecule has 190 valence electrons. The highest BCUT2D eigenvalue weighted by Crippen LogP contribution is 2.44. The van der Waals surface area contributed by atoms with Gasteiger partial charge in [0.15, 0.2) is 0 Å². The Labute approximate surface area is 212 Å². The highest BCUT2D eigenvalue weighted by atomic mass is 16.6. The molecule has 1 aromatic carbocycles. The SMILES string of the molecule is C=CC(=O)N1CC2(C1)CN([C@@H](CC)c1ccc([C@H](C)Nc3ncc4c(n3)N(CC)C(=O)OC4)cc1)C2. The number of anilines is 2. The Kier molecular flexibility index (Phi) is 6.42. The number of hydrogen-bond donors (Lipinski definition) is 1. The van der Waals surface area contributed by atoms with Crippen LogP contribution in [0, 0.1) is 5.41 Å². The average molecular weight is 491 g/mol. The van der Waals surface area contributed by atoms with Crippen molar-refractivity contribution in [2.24, 2.45) is 5.41 Å². The first-order valence-electron chi connectivity index (χ1n) is 12.7. The van der Waals surface area contributed by atoms with E-state index < -0.39 is 0 Å². The maximum Gasteiger partial charge on any atom is 0.415 e. The van der Waals surface area contributed by atoms with Crippen molar-refractivity contribution < 1.29 is 14.3 Å². The maximum atomic E-state index is 12.0. The molecular formula is C27H34N6O3. The zero-order valence-corrected chi connectivity index (χ0v) is 21.2. The molecule has 1 spiro atoms. The molecule has 2 atom stereocenters. The number of nitrogens with one attached hydrogen (secondary N) is 1. The summed E-state index contributed by atoms with van der Waals surface area (Å²) in [5, 5.41) is 3.37. The predicted octanol–water partition coefficient (Wildman–Crippen LogP) is 3.91. The van der Waals surface area contributed by atoms with Crippen molar-refractivity contribution >= 4 is 23.8 Å². The third-order valence-electron chi connectivity index (χ3n) is 7.60. The molecule has 2 amide bonds. The van der Waals surface area contributed by atoms with Gasteiger partial charge in [-0.2, -0.15) is 4.98 Å². The fourth-order valence-electron chi connectivity index (χ4n) is 5.66. The van der Waals surface area contributed by atoms with E-state index in [1.807, 2.05) is 11.8 Å². The summed E-state index contributed by atoms with van der Waals surface area (Å²) in [5.41, 5.74) is 3.52. The van der Waals surface area contributed by atoms with E-state index >= 15 is 0 Å². The van der Waals surface area contributed by atoms with E-state index in [0.29, 0.717) is 24.4 Å². The van der Waals surface area contributed by atoms with Crippen LogP contribution in [0.4, 0.5) is 16.6 Å². The maximum absolute atomic E-state index is 12.0. The fraction of sp³-hybridized carbons (Fsp3) is 0.481.